The van der Waals surface area contributed by atoms with Crippen LogP contribution in [0.25, 0.3) is 77.1 Å². The van der Waals surface area contributed by atoms with Crippen LogP contribution in [-0.4, -0.2) is 18.9 Å². The Hall–Kier alpha value is -5.48. The second kappa shape index (κ2) is 8.01. The number of imidazole rings is 1. The molecule has 0 aliphatic rings. The van der Waals surface area contributed by atoms with Crippen LogP contribution in [0, 0.1) is 0 Å². The molecule has 4 aromatic heterocycles. The maximum atomic E-state index is 5.15. The van der Waals surface area contributed by atoms with Crippen molar-refractivity contribution in [1.82, 2.24) is 18.9 Å². The predicted molar refractivity (Wildman–Crippen MR) is 165 cm³/mol. The number of benzene rings is 5. The number of hydrogen-bond acceptors (Lipinski definition) is 2. The fourth-order valence-corrected chi connectivity index (χ4v) is 6.44. The van der Waals surface area contributed by atoms with Crippen LogP contribution in [0.15, 0.2) is 134 Å². The molecule has 9 rings (SSSR count). The molecule has 0 spiro atoms. The Morgan fingerprint density at radius 1 is 0.500 bits per heavy atom. The van der Waals surface area contributed by atoms with Gasteiger partial charge in [-0.15, -0.1) is 0 Å². The third-order valence-corrected chi connectivity index (χ3v) is 8.13. The van der Waals surface area contributed by atoms with E-state index in [2.05, 4.69) is 136 Å². The summed E-state index contributed by atoms with van der Waals surface area (Å²) < 4.78 is 4.64. The van der Waals surface area contributed by atoms with Crippen LogP contribution in [0.5, 0.6) is 0 Å². The number of para-hydroxylation sites is 4. The molecular weight excluding hydrogens is 488 g/mol. The SMILES string of the molecule is c1ccc(-c2ccnc(-n3c4ccccc4c4ccc5c(c6ccccc6n6c7ccccc7nc56)c43)c2)cc1. The van der Waals surface area contributed by atoms with E-state index < -0.39 is 0 Å². The molecule has 0 atom stereocenters. The zero-order chi connectivity index (χ0) is 26.2. The molecule has 0 fully saturated rings. The van der Waals surface area contributed by atoms with E-state index in [-0.39, 0.29) is 0 Å². The first-order valence-corrected chi connectivity index (χ1v) is 13.5. The molecule has 0 saturated heterocycles. The van der Waals surface area contributed by atoms with Crippen LogP contribution in [0.4, 0.5) is 0 Å². The van der Waals surface area contributed by atoms with Crippen molar-refractivity contribution in [3.63, 3.8) is 0 Å². The van der Waals surface area contributed by atoms with Crippen molar-refractivity contribution in [3.05, 3.63) is 134 Å². The fraction of sp³-hybridized carbons (Fsp3) is 0. The lowest BCUT2D eigenvalue weighted by Gasteiger charge is -2.13. The molecule has 4 heterocycles. The van der Waals surface area contributed by atoms with Gasteiger partial charge in [0.05, 0.1) is 27.6 Å². The first kappa shape index (κ1) is 21.5. The topological polar surface area (TPSA) is 35.1 Å². The smallest absolute Gasteiger partial charge is 0.146 e. The van der Waals surface area contributed by atoms with Crippen LogP contribution < -0.4 is 0 Å². The van der Waals surface area contributed by atoms with Crippen molar-refractivity contribution in [3.8, 4) is 16.9 Å². The molecule has 0 unspecified atom stereocenters. The van der Waals surface area contributed by atoms with Gasteiger partial charge in [0, 0.05) is 33.1 Å². The zero-order valence-corrected chi connectivity index (χ0v) is 21.5. The predicted octanol–water partition coefficient (Wildman–Crippen LogP) is 8.95. The minimum Gasteiger partial charge on any atom is -0.293 e. The van der Waals surface area contributed by atoms with E-state index in [1.165, 1.54) is 27.1 Å². The molecule has 9 aromatic rings. The number of rotatable bonds is 2. The molecule has 4 nitrogen and oxygen atoms in total. The van der Waals surface area contributed by atoms with Gasteiger partial charge >= 0.3 is 0 Å². The van der Waals surface area contributed by atoms with Gasteiger partial charge in [-0.2, -0.15) is 0 Å². The minimum absolute atomic E-state index is 0.900. The van der Waals surface area contributed by atoms with E-state index in [1.54, 1.807) is 0 Å². The summed E-state index contributed by atoms with van der Waals surface area (Å²) >= 11 is 0. The second-order valence-corrected chi connectivity index (χ2v) is 10.3. The highest BCUT2D eigenvalue weighted by molar-refractivity contribution is 6.27. The van der Waals surface area contributed by atoms with E-state index in [0.29, 0.717) is 0 Å². The van der Waals surface area contributed by atoms with Gasteiger partial charge in [-0.05, 0) is 53.6 Å². The monoisotopic (exact) mass is 510 g/mol. The molecule has 4 heteroatoms. The summed E-state index contributed by atoms with van der Waals surface area (Å²) in [5.41, 5.74) is 8.85. The first-order valence-electron chi connectivity index (χ1n) is 13.5. The van der Waals surface area contributed by atoms with E-state index in [1.807, 2.05) is 6.20 Å². The van der Waals surface area contributed by atoms with E-state index >= 15 is 0 Å². The molecule has 0 N–H and O–H groups in total. The third kappa shape index (κ3) is 2.85. The lowest BCUT2D eigenvalue weighted by atomic mass is 10.0. The van der Waals surface area contributed by atoms with Crippen LogP contribution in [-0.2, 0) is 0 Å². The highest BCUT2D eigenvalue weighted by atomic mass is 15.1. The van der Waals surface area contributed by atoms with Crippen molar-refractivity contribution < 1.29 is 0 Å². The quantitative estimate of drug-likeness (QED) is 0.218. The molecule has 5 aromatic carbocycles. The number of nitrogens with zero attached hydrogens (tertiary/aromatic N) is 4. The molecule has 186 valence electrons. The average Bonchev–Trinajstić information content (AvgIpc) is 3.58. The Balaban J connectivity index is 1.51. The third-order valence-electron chi connectivity index (χ3n) is 8.13. The van der Waals surface area contributed by atoms with E-state index in [9.17, 15) is 0 Å². The van der Waals surface area contributed by atoms with Crippen molar-refractivity contribution in [2.75, 3.05) is 0 Å². The van der Waals surface area contributed by atoms with Gasteiger partial charge in [0.1, 0.15) is 11.5 Å². The van der Waals surface area contributed by atoms with E-state index in [0.717, 1.165) is 50.0 Å². The molecule has 40 heavy (non-hydrogen) atoms. The summed E-state index contributed by atoms with van der Waals surface area (Å²) in [5, 5.41) is 5.94. The van der Waals surface area contributed by atoms with Crippen molar-refractivity contribution in [1.29, 1.82) is 0 Å². The summed E-state index contributed by atoms with van der Waals surface area (Å²) in [6.07, 6.45) is 1.92. The maximum Gasteiger partial charge on any atom is 0.146 e. The Kier molecular flexibility index (Phi) is 4.30. The fourth-order valence-electron chi connectivity index (χ4n) is 6.44. The normalized spacial score (nSPS) is 12.0. The summed E-state index contributed by atoms with van der Waals surface area (Å²) in [6, 6.07) is 45.0. The van der Waals surface area contributed by atoms with Gasteiger partial charge < -0.3 is 0 Å². The van der Waals surface area contributed by atoms with Gasteiger partial charge in [-0.3, -0.25) is 8.97 Å². The standard InChI is InChI=1S/C36H22N4/c1-2-10-23(11-3-1)24-20-21-37-33(22-24)40-30-15-7-4-12-25(30)26-18-19-28-34(35(26)40)27-13-5-8-16-31(27)39-32-17-9-6-14-29(32)38-36(28)39/h1-22H. The number of fused-ring (bicyclic) bond motifs is 12. The van der Waals surface area contributed by atoms with Gasteiger partial charge in [0.15, 0.2) is 0 Å². The summed E-state index contributed by atoms with van der Waals surface area (Å²) in [4.78, 5) is 10.1. The van der Waals surface area contributed by atoms with E-state index in [4.69, 9.17) is 9.97 Å². The molecule has 0 saturated carbocycles. The van der Waals surface area contributed by atoms with Crippen LogP contribution >= 0.6 is 0 Å². The van der Waals surface area contributed by atoms with Crippen molar-refractivity contribution >= 4 is 60.2 Å². The zero-order valence-electron chi connectivity index (χ0n) is 21.5. The number of pyridine rings is 2. The van der Waals surface area contributed by atoms with Gasteiger partial charge in [-0.1, -0.05) is 84.9 Å². The number of hydrogen-bond donors (Lipinski definition) is 0. The summed E-state index contributed by atoms with van der Waals surface area (Å²) in [5.74, 6) is 0.900. The van der Waals surface area contributed by atoms with Crippen molar-refractivity contribution in [2.24, 2.45) is 0 Å². The van der Waals surface area contributed by atoms with Gasteiger partial charge in [0.2, 0.25) is 0 Å². The average molecular weight is 511 g/mol. The van der Waals surface area contributed by atoms with Gasteiger partial charge in [-0.25, -0.2) is 9.97 Å². The Morgan fingerprint density at radius 3 is 2.08 bits per heavy atom. The Bertz CT molecular complexity index is 2430. The second-order valence-electron chi connectivity index (χ2n) is 10.3. The largest absolute Gasteiger partial charge is 0.293 e. The molecular formula is C36H22N4. The molecule has 0 radical (unpaired) electrons. The molecule has 0 aliphatic carbocycles. The Morgan fingerprint density at radius 2 is 1.20 bits per heavy atom. The molecule has 0 bridgehead atoms. The van der Waals surface area contributed by atoms with Crippen LogP contribution in [0.3, 0.4) is 0 Å². The summed E-state index contributed by atoms with van der Waals surface area (Å²) in [6.45, 7) is 0. The van der Waals surface area contributed by atoms with Crippen molar-refractivity contribution in [2.45, 2.75) is 0 Å². The van der Waals surface area contributed by atoms with Crippen LogP contribution in [0.2, 0.25) is 0 Å². The minimum atomic E-state index is 0.900. The lowest BCUT2D eigenvalue weighted by molar-refractivity contribution is 1.08. The number of aromatic nitrogens is 4. The van der Waals surface area contributed by atoms with Gasteiger partial charge in [0.25, 0.3) is 0 Å². The highest BCUT2D eigenvalue weighted by Gasteiger charge is 2.21. The van der Waals surface area contributed by atoms with Crippen LogP contribution in [0.1, 0.15) is 0 Å². The molecule has 0 amide bonds. The maximum absolute atomic E-state index is 5.15. The Labute approximate surface area is 229 Å². The lowest BCUT2D eigenvalue weighted by Crippen LogP contribution is -1.99. The summed E-state index contributed by atoms with van der Waals surface area (Å²) in [7, 11) is 0. The first-order chi connectivity index (χ1) is 19.9. The molecule has 0 aliphatic heterocycles. The highest BCUT2D eigenvalue weighted by Crippen LogP contribution is 2.41.